The van der Waals surface area contributed by atoms with Gasteiger partial charge in [0.1, 0.15) is 0 Å². The van der Waals surface area contributed by atoms with Gasteiger partial charge in [0.25, 0.3) is 0 Å². The first-order chi connectivity index (χ1) is 6.32. The number of benzene rings is 1. The molecule has 2 N–H and O–H groups in total. The van der Waals surface area contributed by atoms with Gasteiger partial charge in [-0.3, -0.25) is 0 Å². The second-order valence-corrected chi connectivity index (χ2v) is 5.52. The van der Waals surface area contributed by atoms with Gasteiger partial charge >= 0.3 is 0 Å². The van der Waals surface area contributed by atoms with E-state index in [1.165, 1.54) is 11.1 Å². The highest BCUT2D eigenvalue weighted by molar-refractivity contribution is 9.10. The average molecular weight is 256 g/mol. The molecule has 0 spiro atoms. The molecule has 78 valence electrons. The van der Waals surface area contributed by atoms with Crippen molar-refractivity contribution in [2.24, 2.45) is 5.73 Å². The van der Waals surface area contributed by atoms with E-state index < -0.39 is 0 Å². The maximum absolute atomic E-state index is 6.14. The van der Waals surface area contributed by atoms with Crippen LogP contribution in [0.15, 0.2) is 22.7 Å². The lowest BCUT2D eigenvalue weighted by Crippen LogP contribution is -2.30. The van der Waals surface area contributed by atoms with Crippen molar-refractivity contribution in [3.05, 3.63) is 33.8 Å². The number of hydrogen-bond donors (Lipinski definition) is 1. The lowest BCUT2D eigenvalue weighted by atomic mass is 9.86. The summed E-state index contributed by atoms with van der Waals surface area (Å²) in [5.41, 5.74) is 8.43. The van der Waals surface area contributed by atoms with Gasteiger partial charge in [0, 0.05) is 10.0 Å². The van der Waals surface area contributed by atoms with Crippen LogP contribution < -0.4 is 5.73 Å². The predicted molar refractivity (Wildman–Crippen MR) is 65.4 cm³/mol. The lowest BCUT2D eigenvalue weighted by Gasteiger charge is -2.25. The first-order valence-electron chi connectivity index (χ1n) is 4.91. The molecule has 1 aromatic rings. The molecule has 0 fully saturated rings. The van der Waals surface area contributed by atoms with Crippen LogP contribution in [0.4, 0.5) is 0 Å². The van der Waals surface area contributed by atoms with Crippen LogP contribution in [0.3, 0.4) is 0 Å². The second-order valence-electron chi connectivity index (χ2n) is 4.61. The van der Waals surface area contributed by atoms with Gasteiger partial charge in [-0.05, 0) is 43.0 Å². The molecule has 0 aliphatic rings. The Morgan fingerprint density at radius 1 is 1.29 bits per heavy atom. The van der Waals surface area contributed by atoms with Gasteiger partial charge in [-0.2, -0.15) is 0 Å². The first-order valence-corrected chi connectivity index (χ1v) is 5.70. The summed E-state index contributed by atoms with van der Waals surface area (Å²) in [6.07, 6.45) is 0. The summed E-state index contributed by atoms with van der Waals surface area (Å²) in [6, 6.07) is 6.35. The Morgan fingerprint density at radius 3 is 2.29 bits per heavy atom. The fourth-order valence-electron chi connectivity index (χ4n) is 1.59. The summed E-state index contributed by atoms with van der Waals surface area (Å²) >= 11 is 3.48. The van der Waals surface area contributed by atoms with Crippen LogP contribution in [-0.2, 0) is 5.54 Å². The third-order valence-electron chi connectivity index (χ3n) is 2.33. The molecule has 0 aliphatic carbocycles. The summed E-state index contributed by atoms with van der Waals surface area (Å²) in [5.74, 6) is 0.515. The van der Waals surface area contributed by atoms with Crippen molar-refractivity contribution in [3.8, 4) is 0 Å². The minimum absolute atomic E-state index is 0.274. The Morgan fingerprint density at radius 2 is 1.86 bits per heavy atom. The molecule has 1 rings (SSSR count). The number of halogens is 1. The van der Waals surface area contributed by atoms with E-state index in [9.17, 15) is 0 Å². The molecule has 1 nitrogen and oxygen atoms in total. The smallest absolute Gasteiger partial charge is 0.0355 e. The Kier molecular flexibility index (Phi) is 3.38. The summed E-state index contributed by atoms with van der Waals surface area (Å²) in [7, 11) is 0. The molecule has 1 aromatic carbocycles. The zero-order valence-corrected chi connectivity index (χ0v) is 10.9. The van der Waals surface area contributed by atoms with Crippen molar-refractivity contribution >= 4 is 15.9 Å². The molecule has 0 unspecified atom stereocenters. The Bertz CT molecular complexity index is 324. The van der Waals surface area contributed by atoms with E-state index in [0.717, 1.165) is 4.47 Å². The van der Waals surface area contributed by atoms with Crippen LogP contribution in [0, 0.1) is 0 Å². The highest BCUT2D eigenvalue weighted by Crippen LogP contribution is 2.29. The van der Waals surface area contributed by atoms with E-state index in [1.807, 2.05) is 13.8 Å². The molecule has 2 heteroatoms. The molecule has 0 saturated carbocycles. The molecular formula is C12H18BrN. The van der Waals surface area contributed by atoms with Crippen LogP contribution in [0.1, 0.15) is 44.7 Å². The Labute approximate surface area is 94.8 Å². The van der Waals surface area contributed by atoms with Crippen molar-refractivity contribution in [2.45, 2.75) is 39.2 Å². The molecular weight excluding hydrogens is 238 g/mol. The summed E-state index contributed by atoms with van der Waals surface area (Å²) < 4.78 is 1.09. The minimum Gasteiger partial charge on any atom is -0.322 e. The lowest BCUT2D eigenvalue weighted by molar-refractivity contribution is 0.543. The van der Waals surface area contributed by atoms with Crippen molar-refractivity contribution in [1.29, 1.82) is 0 Å². The summed E-state index contributed by atoms with van der Waals surface area (Å²) in [5, 5.41) is 0. The monoisotopic (exact) mass is 255 g/mol. The quantitative estimate of drug-likeness (QED) is 0.856. The van der Waals surface area contributed by atoms with Gasteiger partial charge < -0.3 is 5.73 Å². The van der Waals surface area contributed by atoms with Gasteiger partial charge in [-0.1, -0.05) is 35.8 Å². The fraction of sp³-hybridized carbons (Fsp3) is 0.500. The van der Waals surface area contributed by atoms with Crippen LogP contribution in [-0.4, -0.2) is 0 Å². The number of hydrogen-bond acceptors (Lipinski definition) is 1. The normalized spacial score (nSPS) is 12.2. The van der Waals surface area contributed by atoms with E-state index in [4.69, 9.17) is 5.73 Å². The van der Waals surface area contributed by atoms with Gasteiger partial charge in [0.05, 0.1) is 0 Å². The molecule has 0 bridgehead atoms. The van der Waals surface area contributed by atoms with Gasteiger partial charge in [0.15, 0.2) is 0 Å². The minimum atomic E-state index is -0.274. The molecule has 0 aromatic heterocycles. The molecule has 0 heterocycles. The molecule has 0 radical (unpaired) electrons. The first kappa shape index (κ1) is 11.7. The van der Waals surface area contributed by atoms with Crippen LogP contribution >= 0.6 is 15.9 Å². The molecule has 0 saturated heterocycles. The Balaban J connectivity index is 3.30. The Hall–Kier alpha value is -0.340. The van der Waals surface area contributed by atoms with Gasteiger partial charge in [0.2, 0.25) is 0 Å². The molecule has 14 heavy (non-hydrogen) atoms. The van der Waals surface area contributed by atoms with Crippen molar-refractivity contribution in [2.75, 3.05) is 0 Å². The third-order valence-corrected chi connectivity index (χ3v) is 2.82. The largest absolute Gasteiger partial charge is 0.322 e. The van der Waals surface area contributed by atoms with E-state index >= 15 is 0 Å². The zero-order chi connectivity index (χ0) is 10.9. The highest BCUT2D eigenvalue weighted by atomic mass is 79.9. The number of rotatable bonds is 2. The van der Waals surface area contributed by atoms with Crippen LogP contribution in [0.5, 0.6) is 0 Å². The molecule has 0 atom stereocenters. The van der Waals surface area contributed by atoms with E-state index in [-0.39, 0.29) is 5.54 Å². The van der Waals surface area contributed by atoms with Crippen molar-refractivity contribution < 1.29 is 0 Å². The average Bonchev–Trinajstić information content (AvgIpc) is 2.01. The summed E-state index contributed by atoms with van der Waals surface area (Å²) in [4.78, 5) is 0. The van der Waals surface area contributed by atoms with E-state index in [2.05, 4.69) is 48.0 Å². The SMILES string of the molecule is CC(C)c1ccc(Br)cc1C(C)(C)N. The van der Waals surface area contributed by atoms with E-state index in [0.29, 0.717) is 5.92 Å². The van der Waals surface area contributed by atoms with E-state index in [1.54, 1.807) is 0 Å². The van der Waals surface area contributed by atoms with Crippen LogP contribution in [0.25, 0.3) is 0 Å². The maximum atomic E-state index is 6.14. The standard InChI is InChI=1S/C12H18BrN/c1-8(2)10-6-5-9(13)7-11(10)12(3,4)14/h5-8H,14H2,1-4H3. The molecule has 0 aliphatic heterocycles. The fourth-order valence-corrected chi connectivity index (χ4v) is 1.95. The number of nitrogens with two attached hydrogens (primary N) is 1. The van der Waals surface area contributed by atoms with Gasteiger partial charge in [-0.25, -0.2) is 0 Å². The predicted octanol–water partition coefficient (Wildman–Crippen LogP) is 3.77. The summed E-state index contributed by atoms with van der Waals surface area (Å²) in [6.45, 7) is 8.47. The molecule has 0 amide bonds. The van der Waals surface area contributed by atoms with Crippen molar-refractivity contribution in [3.63, 3.8) is 0 Å². The maximum Gasteiger partial charge on any atom is 0.0355 e. The van der Waals surface area contributed by atoms with Gasteiger partial charge in [-0.15, -0.1) is 0 Å². The highest BCUT2D eigenvalue weighted by Gasteiger charge is 2.19. The van der Waals surface area contributed by atoms with Crippen molar-refractivity contribution in [1.82, 2.24) is 0 Å². The van der Waals surface area contributed by atoms with Crippen LogP contribution in [0.2, 0.25) is 0 Å². The zero-order valence-electron chi connectivity index (χ0n) is 9.26. The second kappa shape index (κ2) is 4.03. The topological polar surface area (TPSA) is 26.0 Å². The third kappa shape index (κ3) is 2.58.